The van der Waals surface area contributed by atoms with Crippen LogP contribution in [0, 0.1) is 6.92 Å². The van der Waals surface area contributed by atoms with Gasteiger partial charge in [-0.2, -0.15) is 0 Å². The topological polar surface area (TPSA) is 96.3 Å². The predicted molar refractivity (Wildman–Crippen MR) is 98.0 cm³/mol. The Balaban J connectivity index is 1.80. The molecule has 0 saturated carbocycles. The number of primary amides is 1. The molecule has 6 nitrogen and oxygen atoms in total. The van der Waals surface area contributed by atoms with Gasteiger partial charge in [-0.25, -0.2) is 0 Å². The summed E-state index contributed by atoms with van der Waals surface area (Å²) in [5.41, 5.74) is 8.62. The van der Waals surface area contributed by atoms with E-state index >= 15 is 0 Å². The molecule has 0 aliphatic carbocycles. The molecule has 4 rings (SSSR count). The number of Topliss-reactive ketones (excluding diaryl/α,β-unsaturated/α-hetero) is 1. The van der Waals surface area contributed by atoms with Gasteiger partial charge in [-0.05, 0) is 24.6 Å². The van der Waals surface area contributed by atoms with Crippen LogP contribution in [0.1, 0.15) is 21.6 Å². The highest BCUT2D eigenvalue weighted by Crippen LogP contribution is 2.33. The molecule has 0 radical (unpaired) electrons. The van der Waals surface area contributed by atoms with Gasteiger partial charge in [-0.1, -0.05) is 36.4 Å². The molecule has 1 aliphatic rings. The maximum absolute atomic E-state index is 13.1. The Morgan fingerprint density at radius 1 is 1.08 bits per heavy atom. The van der Waals surface area contributed by atoms with Gasteiger partial charge in [0.2, 0.25) is 5.91 Å². The van der Waals surface area contributed by atoms with Gasteiger partial charge in [0.1, 0.15) is 6.04 Å². The van der Waals surface area contributed by atoms with Crippen LogP contribution in [0.15, 0.2) is 48.5 Å². The summed E-state index contributed by atoms with van der Waals surface area (Å²) in [5, 5.41) is 0.687. The monoisotopic (exact) mass is 347 g/mol. The molecule has 1 atom stereocenters. The number of anilines is 1. The molecular formula is C20H17N3O3. The van der Waals surface area contributed by atoms with Crippen LogP contribution in [0.5, 0.6) is 0 Å². The SMILES string of the molecule is Cc1[nH]c2ccccc2c1C(=O)C(=O)N1c2ccccc2C[C@H]1C(N)=O. The smallest absolute Gasteiger partial charge is 0.300 e. The average molecular weight is 347 g/mol. The minimum atomic E-state index is -0.852. The van der Waals surface area contributed by atoms with Crippen molar-refractivity contribution in [3.8, 4) is 0 Å². The van der Waals surface area contributed by atoms with Crippen molar-refractivity contribution in [3.05, 3.63) is 65.4 Å². The van der Waals surface area contributed by atoms with E-state index in [4.69, 9.17) is 5.73 Å². The van der Waals surface area contributed by atoms with E-state index in [0.717, 1.165) is 11.1 Å². The second-order valence-corrected chi connectivity index (χ2v) is 6.43. The minimum Gasteiger partial charge on any atom is -0.368 e. The van der Waals surface area contributed by atoms with Crippen molar-refractivity contribution in [3.63, 3.8) is 0 Å². The Morgan fingerprint density at radius 2 is 1.77 bits per heavy atom. The van der Waals surface area contributed by atoms with Crippen LogP contribution in [0.2, 0.25) is 0 Å². The fraction of sp³-hybridized carbons (Fsp3) is 0.150. The Kier molecular flexibility index (Phi) is 3.61. The number of H-pyrrole nitrogens is 1. The molecule has 3 N–H and O–H groups in total. The Morgan fingerprint density at radius 3 is 2.54 bits per heavy atom. The van der Waals surface area contributed by atoms with Gasteiger partial charge in [0, 0.05) is 28.7 Å². The highest BCUT2D eigenvalue weighted by atomic mass is 16.2. The number of benzene rings is 2. The first-order valence-electron chi connectivity index (χ1n) is 8.31. The largest absolute Gasteiger partial charge is 0.368 e. The summed E-state index contributed by atoms with van der Waals surface area (Å²) >= 11 is 0. The van der Waals surface area contributed by atoms with Crippen LogP contribution >= 0.6 is 0 Å². The zero-order chi connectivity index (χ0) is 18.4. The van der Waals surface area contributed by atoms with E-state index in [2.05, 4.69) is 4.98 Å². The Labute approximate surface area is 149 Å². The van der Waals surface area contributed by atoms with E-state index in [-0.39, 0.29) is 0 Å². The van der Waals surface area contributed by atoms with Crippen LogP contribution < -0.4 is 10.6 Å². The van der Waals surface area contributed by atoms with E-state index in [1.165, 1.54) is 4.90 Å². The van der Waals surface area contributed by atoms with Gasteiger partial charge < -0.3 is 10.7 Å². The molecule has 6 heteroatoms. The van der Waals surface area contributed by atoms with Crippen LogP contribution in [-0.2, 0) is 16.0 Å². The molecule has 3 aromatic rings. The average Bonchev–Trinajstić information content (AvgIpc) is 3.17. The van der Waals surface area contributed by atoms with E-state index in [1.54, 1.807) is 25.1 Å². The van der Waals surface area contributed by atoms with Crippen molar-refractivity contribution in [1.29, 1.82) is 0 Å². The van der Waals surface area contributed by atoms with Crippen LogP contribution in [0.25, 0.3) is 10.9 Å². The zero-order valence-electron chi connectivity index (χ0n) is 14.2. The van der Waals surface area contributed by atoms with Gasteiger partial charge in [-0.15, -0.1) is 0 Å². The molecule has 0 spiro atoms. The lowest BCUT2D eigenvalue weighted by Crippen LogP contribution is -2.48. The van der Waals surface area contributed by atoms with Gasteiger partial charge in [0.15, 0.2) is 0 Å². The van der Waals surface area contributed by atoms with Gasteiger partial charge in [0.25, 0.3) is 11.7 Å². The van der Waals surface area contributed by atoms with Crippen molar-refractivity contribution < 1.29 is 14.4 Å². The molecule has 26 heavy (non-hydrogen) atoms. The summed E-state index contributed by atoms with van der Waals surface area (Å²) in [6, 6.07) is 13.6. The lowest BCUT2D eigenvalue weighted by Gasteiger charge is -2.22. The quantitative estimate of drug-likeness (QED) is 0.561. The lowest BCUT2D eigenvalue weighted by molar-refractivity contribution is -0.122. The maximum atomic E-state index is 13.1. The van der Waals surface area contributed by atoms with Crippen molar-refractivity contribution in [1.82, 2.24) is 4.98 Å². The van der Waals surface area contributed by atoms with Crippen molar-refractivity contribution in [2.24, 2.45) is 5.73 Å². The van der Waals surface area contributed by atoms with E-state index in [0.29, 0.717) is 28.8 Å². The first-order valence-corrected chi connectivity index (χ1v) is 8.31. The number of hydrogen-bond acceptors (Lipinski definition) is 3. The van der Waals surface area contributed by atoms with Gasteiger partial charge >= 0.3 is 0 Å². The number of rotatable bonds is 3. The van der Waals surface area contributed by atoms with E-state index in [9.17, 15) is 14.4 Å². The summed E-state index contributed by atoms with van der Waals surface area (Å²) in [7, 11) is 0. The number of nitrogens with two attached hydrogens (primary N) is 1. The summed E-state index contributed by atoms with van der Waals surface area (Å²) in [6.45, 7) is 1.75. The van der Waals surface area contributed by atoms with Crippen LogP contribution in [0.3, 0.4) is 0 Å². The summed E-state index contributed by atoms with van der Waals surface area (Å²) in [4.78, 5) is 42.4. The predicted octanol–water partition coefficient (Wildman–Crippen LogP) is 2.10. The first-order chi connectivity index (χ1) is 12.5. The molecule has 0 bridgehead atoms. The summed E-state index contributed by atoms with van der Waals surface area (Å²) in [6.07, 6.45) is 0.317. The minimum absolute atomic E-state index is 0.317. The summed E-state index contributed by atoms with van der Waals surface area (Å²) in [5.74, 6) is -2.02. The number of nitrogens with zero attached hydrogens (tertiary/aromatic N) is 1. The molecule has 0 fully saturated rings. The number of carbonyl (C=O) groups excluding carboxylic acids is 3. The molecule has 1 aromatic heterocycles. The highest BCUT2D eigenvalue weighted by molar-refractivity contribution is 6.50. The van der Waals surface area contributed by atoms with E-state index < -0.39 is 23.6 Å². The second kappa shape index (κ2) is 5.84. The number of amides is 2. The lowest BCUT2D eigenvalue weighted by atomic mass is 10.0. The van der Waals surface area contributed by atoms with E-state index in [1.807, 2.05) is 30.3 Å². The molecular weight excluding hydrogens is 330 g/mol. The molecule has 130 valence electrons. The van der Waals surface area contributed by atoms with Gasteiger partial charge in [0.05, 0.1) is 5.56 Å². The number of aryl methyl sites for hydroxylation is 1. The number of nitrogens with one attached hydrogen (secondary N) is 1. The zero-order valence-corrected chi connectivity index (χ0v) is 14.2. The van der Waals surface area contributed by atoms with Gasteiger partial charge in [-0.3, -0.25) is 19.3 Å². The highest BCUT2D eigenvalue weighted by Gasteiger charge is 2.40. The standard InChI is InChI=1S/C20H17N3O3/c1-11-17(13-7-3-4-8-14(13)22-11)18(24)20(26)23-15-9-5-2-6-12(15)10-16(23)19(21)25/h2-9,16,22H,10H2,1H3,(H2,21,25)/t16-/m0/s1. The molecule has 1 aliphatic heterocycles. The van der Waals surface area contributed by atoms with Crippen molar-refractivity contribution in [2.45, 2.75) is 19.4 Å². The summed E-state index contributed by atoms with van der Waals surface area (Å²) < 4.78 is 0. The van der Waals surface area contributed by atoms with Crippen molar-refractivity contribution >= 4 is 34.2 Å². The number of aromatic amines is 1. The number of para-hydroxylation sites is 2. The van der Waals surface area contributed by atoms with Crippen LogP contribution in [-0.4, -0.2) is 28.6 Å². The fourth-order valence-electron chi connectivity index (χ4n) is 3.65. The number of fused-ring (bicyclic) bond motifs is 2. The molecule has 2 aromatic carbocycles. The third-order valence-electron chi connectivity index (χ3n) is 4.84. The third kappa shape index (κ3) is 2.30. The number of hydrogen-bond donors (Lipinski definition) is 2. The molecule has 0 unspecified atom stereocenters. The van der Waals surface area contributed by atoms with Crippen molar-refractivity contribution in [2.75, 3.05) is 4.90 Å². The Hall–Kier alpha value is -3.41. The fourth-order valence-corrected chi connectivity index (χ4v) is 3.65. The Bertz CT molecular complexity index is 1070. The molecule has 0 saturated heterocycles. The number of ketones is 1. The molecule has 2 heterocycles. The third-order valence-corrected chi connectivity index (χ3v) is 4.84. The number of aromatic nitrogens is 1. The number of carbonyl (C=O) groups is 3. The second-order valence-electron chi connectivity index (χ2n) is 6.43. The first kappa shape index (κ1) is 16.1. The molecule has 2 amide bonds. The normalized spacial score (nSPS) is 15.9. The van der Waals surface area contributed by atoms with Crippen LogP contribution in [0.4, 0.5) is 5.69 Å². The maximum Gasteiger partial charge on any atom is 0.300 e.